The molecule has 0 fully saturated rings. The number of anilines is 1. The lowest BCUT2D eigenvalue weighted by Gasteiger charge is -2.11. The Morgan fingerprint density at radius 3 is 2.58 bits per heavy atom. The Hall–Kier alpha value is -3.00. The molecular weight excluding hydrogens is 352 g/mol. The maximum absolute atomic E-state index is 12.8. The zero-order valence-electron chi connectivity index (χ0n) is 14.8. The van der Waals surface area contributed by atoms with E-state index in [0.29, 0.717) is 22.1 Å². The van der Waals surface area contributed by atoms with E-state index in [2.05, 4.69) is 15.3 Å². The zero-order valence-corrected chi connectivity index (χ0v) is 15.7. The van der Waals surface area contributed by atoms with Crippen molar-refractivity contribution in [3.8, 4) is 5.75 Å². The van der Waals surface area contributed by atoms with Crippen molar-refractivity contribution in [1.82, 2.24) is 9.97 Å². The van der Waals surface area contributed by atoms with Crippen LogP contribution in [0.25, 0.3) is 10.2 Å². The van der Waals surface area contributed by atoms with Crippen molar-refractivity contribution in [2.45, 2.75) is 20.8 Å². The summed E-state index contributed by atoms with van der Waals surface area (Å²) in [5.41, 5.74) is 7.64. The normalized spacial score (nSPS) is 10.8. The fraction of sp³-hybridized carbons (Fsp3) is 0.222. The van der Waals surface area contributed by atoms with Gasteiger partial charge in [0.15, 0.2) is 0 Å². The maximum atomic E-state index is 12.8. The number of ether oxygens (including phenoxy) is 1. The molecule has 0 saturated carbocycles. The number of aromatic nitrogens is 2. The van der Waals surface area contributed by atoms with Crippen molar-refractivity contribution < 1.29 is 14.3 Å². The molecule has 7 nitrogen and oxygen atoms in total. The minimum atomic E-state index is -0.581. The Bertz CT molecular complexity index is 1040. The lowest BCUT2D eigenvalue weighted by molar-refractivity contribution is 0.0996. The first-order valence-corrected chi connectivity index (χ1v) is 8.67. The quantitative estimate of drug-likeness (QED) is 0.734. The Morgan fingerprint density at radius 1 is 1.19 bits per heavy atom. The molecule has 3 rings (SSSR count). The fourth-order valence-electron chi connectivity index (χ4n) is 2.83. The van der Waals surface area contributed by atoms with Crippen molar-refractivity contribution in [3.05, 3.63) is 45.7 Å². The Labute approximate surface area is 154 Å². The van der Waals surface area contributed by atoms with E-state index in [4.69, 9.17) is 10.5 Å². The van der Waals surface area contributed by atoms with Gasteiger partial charge in [-0.25, -0.2) is 9.97 Å². The molecule has 26 heavy (non-hydrogen) atoms. The molecule has 134 valence electrons. The minimum Gasteiger partial charge on any atom is -0.495 e. The van der Waals surface area contributed by atoms with Crippen LogP contribution >= 0.6 is 11.3 Å². The van der Waals surface area contributed by atoms with Gasteiger partial charge in [-0.3, -0.25) is 9.59 Å². The predicted octanol–water partition coefficient (Wildman–Crippen LogP) is 2.98. The number of amides is 2. The van der Waals surface area contributed by atoms with Crippen LogP contribution in [0.3, 0.4) is 0 Å². The van der Waals surface area contributed by atoms with Crippen LogP contribution in [0.1, 0.15) is 37.1 Å². The standard InChI is InChI=1S/C18H18N4O3S/c1-8-14-9(2)20-10(3)21-18(14)26-15(8)17(24)22-12-7-11(16(19)23)5-6-13(12)25-4/h5-7H,1-4H3,(H2,19,23)(H,22,24). The van der Waals surface area contributed by atoms with Crippen LogP contribution in [0, 0.1) is 20.8 Å². The average Bonchev–Trinajstić information content (AvgIpc) is 2.91. The number of carbonyl (C=O) groups is 2. The summed E-state index contributed by atoms with van der Waals surface area (Å²) in [7, 11) is 1.49. The van der Waals surface area contributed by atoms with Crippen LogP contribution < -0.4 is 15.8 Å². The first kappa shape index (κ1) is 17.8. The highest BCUT2D eigenvalue weighted by Crippen LogP contribution is 2.33. The third kappa shape index (κ3) is 3.11. The van der Waals surface area contributed by atoms with Gasteiger partial charge in [0.05, 0.1) is 17.7 Å². The van der Waals surface area contributed by atoms with Crippen LogP contribution in [0.5, 0.6) is 5.75 Å². The molecule has 8 heteroatoms. The summed E-state index contributed by atoms with van der Waals surface area (Å²) in [6.45, 7) is 5.59. The monoisotopic (exact) mass is 370 g/mol. The van der Waals surface area contributed by atoms with E-state index < -0.39 is 5.91 Å². The lowest BCUT2D eigenvalue weighted by atomic mass is 10.1. The molecule has 1 aromatic carbocycles. The molecule has 2 heterocycles. The van der Waals surface area contributed by atoms with Gasteiger partial charge in [0.1, 0.15) is 16.4 Å². The summed E-state index contributed by atoms with van der Waals surface area (Å²) in [5.74, 6) is 0.220. The van der Waals surface area contributed by atoms with Gasteiger partial charge in [-0.05, 0) is 44.5 Å². The van der Waals surface area contributed by atoms with E-state index in [1.807, 2.05) is 20.8 Å². The van der Waals surface area contributed by atoms with Crippen LogP contribution in [-0.4, -0.2) is 28.9 Å². The van der Waals surface area contributed by atoms with Crippen LogP contribution in [0.2, 0.25) is 0 Å². The number of primary amides is 1. The van der Waals surface area contributed by atoms with Gasteiger partial charge in [0.25, 0.3) is 5.91 Å². The number of nitrogens with zero attached hydrogens (tertiary/aromatic N) is 2. The molecule has 0 saturated heterocycles. The van der Waals surface area contributed by atoms with E-state index in [1.165, 1.54) is 24.5 Å². The van der Waals surface area contributed by atoms with Crippen molar-refractivity contribution in [1.29, 1.82) is 0 Å². The predicted molar refractivity (Wildman–Crippen MR) is 101 cm³/mol. The molecule has 3 aromatic rings. The molecule has 0 aliphatic rings. The number of hydrogen-bond acceptors (Lipinski definition) is 6. The summed E-state index contributed by atoms with van der Waals surface area (Å²) in [5, 5.41) is 3.69. The second kappa shape index (κ2) is 6.72. The van der Waals surface area contributed by atoms with Gasteiger partial charge < -0.3 is 15.8 Å². The minimum absolute atomic E-state index is 0.284. The van der Waals surface area contributed by atoms with Crippen LogP contribution in [-0.2, 0) is 0 Å². The molecule has 0 aliphatic heterocycles. The smallest absolute Gasteiger partial charge is 0.266 e. The number of thiophene rings is 1. The van der Waals surface area contributed by atoms with Crippen molar-refractivity contribution in [2.24, 2.45) is 5.73 Å². The van der Waals surface area contributed by atoms with E-state index in [-0.39, 0.29) is 11.5 Å². The highest BCUT2D eigenvalue weighted by molar-refractivity contribution is 7.20. The number of nitrogens with one attached hydrogen (secondary N) is 1. The van der Waals surface area contributed by atoms with Crippen molar-refractivity contribution in [3.63, 3.8) is 0 Å². The Kier molecular flexibility index (Phi) is 4.60. The van der Waals surface area contributed by atoms with E-state index >= 15 is 0 Å². The Morgan fingerprint density at radius 2 is 1.92 bits per heavy atom. The molecule has 2 aromatic heterocycles. The van der Waals surface area contributed by atoms with Gasteiger partial charge in [-0.15, -0.1) is 11.3 Å². The second-order valence-electron chi connectivity index (χ2n) is 5.83. The number of hydrogen-bond donors (Lipinski definition) is 2. The molecular formula is C18H18N4O3S. The van der Waals surface area contributed by atoms with Gasteiger partial charge in [-0.1, -0.05) is 0 Å². The Balaban J connectivity index is 2.02. The van der Waals surface area contributed by atoms with E-state index in [1.54, 1.807) is 12.1 Å². The summed E-state index contributed by atoms with van der Waals surface area (Å²) in [4.78, 5) is 34.3. The first-order valence-electron chi connectivity index (χ1n) is 7.85. The summed E-state index contributed by atoms with van der Waals surface area (Å²) in [6.07, 6.45) is 0. The summed E-state index contributed by atoms with van der Waals surface area (Å²) >= 11 is 1.31. The molecule has 0 aliphatic carbocycles. The lowest BCUT2D eigenvalue weighted by Crippen LogP contribution is -2.15. The molecule has 0 atom stereocenters. The van der Waals surface area contributed by atoms with Gasteiger partial charge in [-0.2, -0.15) is 0 Å². The van der Waals surface area contributed by atoms with Gasteiger partial charge in [0.2, 0.25) is 5.91 Å². The zero-order chi connectivity index (χ0) is 19.0. The van der Waals surface area contributed by atoms with Crippen LogP contribution in [0.15, 0.2) is 18.2 Å². The molecule has 3 N–H and O–H groups in total. The number of nitrogens with two attached hydrogens (primary N) is 1. The molecule has 0 unspecified atom stereocenters. The van der Waals surface area contributed by atoms with Crippen molar-refractivity contribution >= 4 is 39.1 Å². The van der Waals surface area contributed by atoms with Gasteiger partial charge >= 0.3 is 0 Å². The SMILES string of the molecule is COc1ccc(C(N)=O)cc1NC(=O)c1sc2nc(C)nc(C)c2c1C. The number of carbonyl (C=O) groups excluding carboxylic acids is 2. The average molecular weight is 370 g/mol. The summed E-state index contributed by atoms with van der Waals surface area (Å²) < 4.78 is 5.26. The molecule has 0 bridgehead atoms. The highest BCUT2D eigenvalue weighted by atomic mass is 32.1. The number of rotatable bonds is 4. The molecule has 0 radical (unpaired) electrons. The molecule has 2 amide bonds. The number of methoxy groups -OCH3 is 1. The maximum Gasteiger partial charge on any atom is 0.266 e. The third-order valence-corrected chi connectivity index (χ3v) is 5.21. The second-order valence-corrected chi connectivity index (χ2v) is 6.83. The first-order chi connectivity index (χ1) is 12.3. The largest absolute Gasteiger partial charge is 0.495 e. The topological polar surface area (TPSA) is 107 Å². The van der Waals surface area contributed by atoms with Gasteiger partial charge in [0, 0.05) is 16.6 Å². The number of fused-ring (bicyclic) bond motifs is 1. The number of aryl methyl sites for hydroxylation is 3. The highest BCUT2D eigenvalue weighted by Gasteiger charge is 2.20. The third-order valence-electron chi connectivity index (χ3n) is 4.02. The number of benzene rings is 1. The van der Waals surface area contributed by atoms with E-state index in [9.17, 15) is 9.59 Å². The fourth-order valence-corrected chi connectivity index (χ4v) is 4.00. The molecule has 0 spiro atoms. The van der Waals surface area contributed by atoms with Crippen molar-refractivity contribution in [2.75, 3.05) is 12.4 Å². The van der Waals surface area contributed by atoms with E-state index in [0.717, 1.165) is 21.5 Å². The summed E-state index contributed by atoms with van der Waals surface area (Å²) in [6, 6.07) is 4.63. The van der Waals surface area contributed by atoms with Crippen LogP contribution in [0.4, 0.5) is 5.69 Å².